The molecule has 0 radical (unpaired) electrons. The lowest BCUT2D eigenvalue weighted by atomic mass is 10.3. The second-order valence-electron chi connectivity index (χ2n) is 1.56. The summed E-state index contributed by atoms with van der Waals surface area (Å²) in [6.07, 6.45) is 0. The zero-order valence-corrected chi connectivity index (χ0v) is 6.46. The van der Waals surface area contributed by atoms with Gasteiger partial charge < -0.3 is 10.8 Å². The summed E-state index contributed by atoms with van der Waals surface area (Å²) in [6.45, 7) is 0. The van der Waals surface area contributed by atoms with E-state index < -0.39 is 0 Å². The molecule has 0 unspecified atom stereocenters. The summed E-state index contributed by atoms with van der Waals surface area (Å²) >= 11 is 0. The Balaban J connectivity index is 0.000000640. The molecule has 0 aliphatic carbocycles. The van der Waals surface area contributed by atoms with Crippen LogP contribution in [0.5, 0.6) is 5.75 Å². The van der Waals surface area contributed by atoms with Crippen LogP contribution < -0.4 is 5.73 Å². The smallest absolute Gasteiger partial charge is 0.138 e. The van der Waals surface area contributed by atoms with E-state index in [1.165, 1.54) is 0 Å². The van der Waals surface area contributed by atoms with Gasteiger partial charge in [0.1, 0.15) is 5.75 Å². The van der Waals surface area contributed by atoms with Crippen LogP contribution in [0, 0.1) is 0 Å². The third kappa shape index (κ3) is 1.93. The number of nitrogen functional groups attached to an aromatic ring is 1. The van der Waals surface area contributed by atoms with Gasteiger partial charge in [-0.15, -0.1) is 17.0 Å². The third-order valence-electron chi connectivity index (χ3n) is 0.937. The van der Waals surface area contributed by atoms with E-state index in [-0.39, 0.29) is 22.7 Å². The highest BCUT2D eigenvalue weighted by Gasteiger charge is 1.87. The first kappa shape index (κ1) is 8.30. The maximum Gasteiger partial charge on any atom is 0.138 e. The van der Waals surface area contributed by atoms with E-state index in [1.54, 1.807) is 24.3 Å². The molecule has 0 amide bonds. The molecule has 0 aliphatic rings. The number of phenolic OH excluding ortho intramolecular Hbond substituents is 1. The monoisotopic (exact) mass is 189 g/mol. The minimum atomic E-state index is 0. The highest BCUT2D eigenvalue weighted by molar-refractivity contribution is 8.93. The predicted molar refractivity (Wildman–Crippen MR) is 42.8 cm³/mol. The van der Waals surface area contributed by atoms with Crippen molar-refractivity contribution >= 4 is 22.7 Å². The minimum Gasteiger partial charge on any atom is -0.506 e. The van der Waals surface area contributed by atoms with E-state index in [2.05, 4.69) is 0 Å². The van der Waals surface area contributed by atoms with E-state index in [4.69, 9.17) is 10.8 Å². The van der Waals surface area contributed by atoms with Crippen molar-refractivity contribution in [1.82, 2.24) is 0 Å². The zero-order valence-electron chi connectivity index (χ0n) is 4.74. The molecule has 0 aliphatic heterocycles. The van der Waals surface area contributed by atoms with Crippen LogP contribution in [0.25, 0.3) is 0 Å². The number of phenols is 1. The number of aromatic hydroxyl groups is 1. The first-order valence-corrected chi connectivity index (χ1v) is 2.34. The average molecular weight is 190 g/mol. The van der Waals surface area contributed by atoms with Crippen LogP contribution in [0.4, 0.5) is 5.69 Å². The first-order valence-electron chi connectivity index (χ1n) is 2.34. The first-order chi connectivity index (χ1) is 3.80. The van der Waals surface area contributed by atoms with Crippen molar-refractivity contribution in [3.8, 4) is 5.75 Å². The largest absolute Gasteiger partial charge is 0.506 e. The molecule has 0 aromatic heterocycles. The van der Waals surface area contributed by atoms with Gasteiger partial charge in [-0.2, -0.15) is 0 Å². The van der Waals surface area contributed by atoms with Crippen molar-refractivity contribution in [3.63, 3.8) is 0 Å². The summed E-state index contributed by atoms with van der Waals surface area (Å²) in [5.41, 5.74) is 5.69. The van der Waals surface area contributed by atoms with Crippen molar-refractivity contribution in [3.05, 3.63) is 24.3 Å². The Morgan fingerprint density at radius 2 is 1.78 bits per heavy atom. The fraction of sp³-hybridized carbons (Fsp3) is 0. The second-order valence-corrected chi connectivity index (χ2v) is 1.56. The maximum atomic E-state index is 8.79. The van der Waals surface area contributed by atoms with Gasteiger partial charge in [-0.1, -0.05) is 12.1 Å². The predicted octanol–water partition coefficient (Wildman–Crippen LogP) is 1.55. The molecule has 0 bridgehead atoms. The molecule has 0 fully saturated rings. The fourth-order valence-corrected chi connectivity index (χ4v) is 0.488. The number of hydrogen-bond acceptors (Lipinski definition) is 2. The van der Waals surface area contributed by atoms with E-state index >= 15 is 0 Å². The molecular weight excluding hydrogens is 182 g/mol. The number of anilines is 1. The van der Waals surface area contributed by atoms with E-state index in [1.807, 2.05) is 0 Å². The third-order valence-corrected chi connectivity index (χ3v) is 0.937. The summed E-state index contributed by atoms with van der Waals surface area (Å²) in [5.74, 6) is 0.146. The van der Waals surface area contributed by atoms with Crippen molar-refractivity contribution in [1.29, 1.82) is 0 Å². The van der Waals surface area contributed by atoms with Gasteiger partial charge in [-0.05, 0) is 12.1 Å². The lowest BCUT2D eigenvalue weighted by Crippen LogP contribution is -1.82. The molecule has 1 rings (SSSR count). The standard InChI is InChI=1S/C6H7NO.BrH/c7-5-3-1-2-4-6(5)8;/h1-4,8H,7H2;1H. The van der Waals surface area contributed by atoms with Crippen LogP contribution >= 0.6 is 17.0 Å². The molecular formula is C6H8BrNO. The van der Waals surface area contributed by atoms with Crippen LogP contribution in [0.2, 0.25) is 0 Å². The maximum absolute atomic E-state index is 8.79. The Morgan fingerprint density at radius 1 is 1.22 bits per heavy atom. The Hall–Kier alpha value is -0.700. The molecule has 2 nitrogen and oxygen atoms in total. The lowest BCUT2D eigenvalue weighted by molar-refractivity contribution is 0.478. The van der Waals surface area contributed by atoms with E-state index in [0.29, 0.717) is 5.69 Å². The molecule has 0 atom stereocenters. The van der Waals surface area contributed by atoms with Gasteiger partial charge in [0.25, 0.3) is 0 Å². The average Bonchev–Trinajstić information content (AvgIpc) is 1.77. The van der Waals surface area contributed by atoms with E-state index in [9.17, 15) is 0 Å². The van der Waals surface area contributed by atoms with Gasteiger partial charge in [0.2, 0.25) is 0 Å². The normalized spacial score (nSPS) is 8.00. The van der Waals surface area contributed by atoms with Crippen LogP contribution in [-0.4, -0.2) is 5.11 Å². The lowest BCUT2D eigenvalue weighted by Gasteiger charge is -1.92. The van der Waals surface area contributed by atoms with Crippen molar-refractivity contribution in [2.24, 2.45) is 0 Å². The minimum absolute atomic E-state index is 0. The van der Waals surface area contributed by atoms with Gasteiger partial charge in [0.05, 0.1) is 5.69 Å². The highest BCUT2D eigenvalue weighted by Crippen LogP contribution is 2.16. The second kappa shape index (κ2) is 3.35. The van der Waals surface area contributed by atoms with E-state index in [0.717, 1.165) is 0 Å². The van der Waals surface area contributed by atoms with Gasteiger partial charge in [0.15, 0.2) is 0 Å². The van der Waals surface area contributed by atoms with Crippen molar-refractivity contribution in [2.45, 2.75) is 0 Å². The Morgan fingerprint density at radius 3 is 2.11 bits per heavy atom. The van der Waals surface area contributed by atoms with Crippen LogP contribution in [-0.2, 0) is 0 Å². The molecule has 0 spiro atoms. The number of halogens is 1. The number of para-hydroxylation sites is 2. The topological polar surface area (TPSA) is 46.2 Å². The summed E-state index contributed by atoms with van der Waals surface area (Å²) in [4.78, 5) is 0. The molecule has 3 N–H and O–H groups in total. The molecule has 3 heteroatoms. The molecule has 9 heavy (non-hydrogen) atoms. The van der Waals surface area contributed by atoms with Gasteiger partial charge in [-0.3, -0.25) is 0 Å². The summed E-state index contributed by atoms with van der Waals surface area (Å²) in [6, 6.07) is 6.70. The summed E-state index contributed by atoms with van der Waals surface area (Å²) < 4.78 is 0. The molecule has 50 valence electrons. The summed E-state index contributed by atoms with van der Waals surface area (Å²) in [5, 5.41) is 8.79. The Bertz CT molecular complexity index is 169. The highest BCUT2D eigenvalue weighted by atomic mass is 79.9. The number of benzene rings is 1. The molecule has 0 saturated heterocycles. The van der Waals surface area contributed by atoms with Crippen molar-refractivity contribution in [2.75, 3.05) is 5.73 Å². The van der Waals surface area contributed by atoms with Gasteiger partial charge in [0, 0.05) is 0 Å². The Labute approximate surface area is 64.1 Å². The van der Waals surface area contributed by atoms with Crippen molar-refractivity contribution < 1.29 is 5.11 Å². The molecule has 1 aromatic rings. The number of nitrogens with two attached hydrogens (primary N) is 1. The quantitative estimate of drug-likeness (QED) is 0.481. The molecule has 0 heterocycles. The van der Waals surface area contributed by atoms with Crippen LogP contribution in [0.15, 0.2) is 24.3 Å². The summed E-state index contributed by atoms with van der Waals surface area (Å²) in [7, 11) is 0. The van der Waals surface area contributed by atoms with Crippen LogP contribution in [0.1, 0.15) is 0 Å². The number of hydrogen-bond donors (Lipinski definition) is 2. The molecule has 0 saturated carbocycles. The molecule has 1 aromatic carbocycles. The fourth-order valence-electron chi connectivity index (χ4n) is 0.488. The zero-order chi connectivity index (χ0) is 5.98. The Kier molecular flexibility index (Phi) is 3.09. The SMILES string of the molecule is Br.Nc1ccccc1O. The van der Waals surface area contributed by atoms with Gasteiger partial charge >= 0.3 is 0 Å². The number of rotatable bonds is 0. The van der Waals surface area contributed by atoms with Crippen LogP contribution in [0.3, 0.4) is 0 Å². The van der Waals surface area contributed by atoms with Gasteiger partial charge in [-0.25, -0.2) is 0 Å².